The molecule has 0 saturated heterocycles. The van der Waals surface area contributed by atoms with Crippen LogP contribution in [0, 0.1) is 0 Å². The normalized spacial score (nSPS) is 9.60. The Morgan fingerprint density at radius 1 is 0.667 bits per heavy atom. The predicted octanol–water partition coefficient (Wildman–Crippen LogP) is 5.29. The molecule has 96 valence electrons. The van der Waals surface area contributed by atoms with Crippen molar-refractivity contribution in [1.82, 2.24) is 0 Å². The summed E-state index contributed by atoms with van der Waals surface area (Å²) in [6.07, 6.45) is 13.2. The molecule has 0 rings (SSSR count). The molecule has 0 fully saturated rings. The first-order valence-corrected chi connectivity index (χ1v) is 7.97. The second-order valence-electron chi connectivity index (χ2n) is 3.90. The maximum absolute atomic E-state index is 2.31. The van der Waals surface area contributed by atoms with Crippen molar-refractivity contribution in [2.24, 2.45) is 0 Å². The van der Waals surface area contributed by atoms with E-state index in [0.717, 1.165) is 0 Å². The minimum Gasteiger partial charge on any atom is -0.147 e. The molecule has 0 saturated carbocycles. The Morgan fingerprint density at radius 2 is 0.933 bits per heavy atom. The van der Waals surface area contributed by atoms with Crippen LogP contribution in [0.4, 0.5) is 0 Å². The maximum atomic E-state index is 2.31. The standard InChI is InChI=1S/C12H27P.ClH.Ru/c1-4-7-10-13(11-8-5-2)12-9-6-3;;/h4-12H2,1-3H3;1H;. The zero-order chi connectivity index (χ0) is 9.94. The quantitative estimate of drug-likeness (QED) is 0.395. The zero-order valence-corrected chi connectivity index (χ0v) is 14.0. The van der Waals surface area contributed by atoms with Crippen LogP contribution in [-0.2, 0) is 19.5 Å². The molecule has 0 radical (unpaired) electrons. The Hall–Kier alpha value is 1.34. The molecule has 0 aliphatic rings. The summed E-state index contributed by atoms with van der Waals surface area (Å²) in [6.45, 7) is 6.94. The predicted molar refractivity (Wildman–Crippen MR) is 73.5 cm³/mol. The van der Waals surface area contributed by atoms with Gasteiger partial charge in [-0.3, -0.25) is 0 Å². The van der Waals surface area contributed by atoms with Gasteiger partial charge in [-0.25, -0.2) is 0 Å². The SMILES string of the molecule is CCCCP(CCCC)CCCC.Cl.[Ru]. The molecule has 0 amide bonds. The topological polar surface area (TPSA) is 0 Å². The van der Waals surface area contributed by atoms with E-state index in [9.17, 15) is 0 Å². The zero-order valence-electron chi connectivity index (χ0n) is 10.6. The van der Waals surface area contributed by atoms with Crippen LogP contribution in [0.1, 0.15) is 59.3 Å². The van der Waals surface area contributed by atoms with Crippen molar-refractivity contribution < 1.29 is 19.5 Å². The van der Waals surface area contributed by atoms with Gasteiger partial charge in [-0.15, -0.1) is 20.3 Å². The molecular formula is C12H28ClPRu. The molecule has 0 nitrogen and oxygen atoms in total. The average molecular weight is 340 g/mol. The summed E-state index contributed by atoms with van der Waals surface area (Å²) in [5, 5.41) is 0. The van der Waals surface area contributed by atoms with E-state index in [1.54, 1.807) is 18.5 Å². The van der Waals surface area contributed by atoms with Gasteiger partial charge >= 0.3 is 0 Å². The molecule has 0 aliphatic carbocycles. The van der Waals surface area contributed by atoms with Crippen LogP contribution in [0.25, 0.3) is 0 Å². The molecule has 0 aliphatic heterocycles. The first-order chi connectivity index (χ1) is 6.35. The van der Waals surface area contributed by atoms with Crippen LogP contribution in [0.2, 0.25) is 0 Å². The first-order valence-electron chi connectivity index (χ1n) is 6.07. The number of hydrogen-bond donors (Lipinski definition) is 0. The maximum Gasteiger partial charge on any atom is 0 e. The Kier molecular flexibility index (Phi) is 25.5. The van der Waals surface area contributed by atoms with Crippen LogP contribution < -0.4 is 0 Å². The minimum absolute atomic E-state index is 0. The van der Waals surface area contributed by atoms with Crippen LogP contribution in [0.5, 0.6) is 0 Å². The van der Waals surface area contributed by atoms with E-state index in [-0.39, 0.29) is 31.9 Å². The van der Waals surface area contributed by atoms with Gasteiger partial charge in [0.25, 0.3) is 0 Å². The summed E-state index contributed by atoms with van der Waals surface area (Å²) in [4.78, 5) is 0. The van der Waals surface area contributed by atoms with Gasteiger partial charge in [-0.05, 0) is 37.7 Å². The molecule has 0 spiro atoms. The van der Waals surface area contributed by atoms with Gasteiger partial charge < -0.3 is 0 Å². The summed E-state index contributed by atoms with van der Waals surface area (Å²) >= 11 is 0. The summed E-state index contributed by atoms with van der Waals surface area (Å²) in [5.74, 6) is 0. The van der Waals surface area contributed by atoms with Gasteiger partial charge in [0.2, 0.25) is 0 Å². The third kappa shape index (κ3) is 15.3. The Labute approximate surface area is 117 Å². The monoisotopic (exact) mass is 340 g/mol. The molecule has 0 atom stereocenters. The summed E-state index contributed by atoms with van der Waals surface area (Å²) in [5.41, 5.74) is 0. The Bertz CT molecular complexity index is 82.6. The van der Waals surface area contributed by atoms with E-state index in [0.29, 0.717) is 7.92 Å². The van der Waals surface area contributed by atoms with E-state index in [1.165, 1.54) is 38.5 Å². The number of rotatable bonds is 9. The molecule has 0 bridgehead atoms. The van der Waals surface area contributed by atoms with Crippen LogP contribution in [0.15, 0.2) is 0 Å². The molecule has 0 aromatic rings. The number of hydrogen-bond acceptors (Lipinski definition) is 0. The fourth-order valence-corrected chi connectivity index (χ4v) is 4.44. The molecular weight excluding hydrogens is 312 g/mol. The second kappa shape index (κ2) is 17.7. The van der Waals surface area contributed by atoms with E-state index < -0.39 is 0 Å². The van der Waals surface area contributed by atoms with Crippen molar-refractivity contribution in [2.75, 3.05) is 18.5 Å². The first kappa shape index (κ1) is 21.6. The van der Waals surface area contributed by atoms with Crippen molar-refractivity contribution in [3.63, 3.8) is 0 Å². The molecule has 0 aromatic heterocycles. The Morgan fingerprint density at radius 3 is 1.13 bits per heavy atom. The third-order valence-electron chi connectivity index (χ3n) is 2.48. The summed E-state index contributed by atoms with van der Waals surface area (Å²) in [7, 11) is 0.422. The second-order valence-corrected chi connectivity index (χ2v) is 6.59. The largest absolute Gasteiger partial charge is 0.147 e. The van der Waals surface area contributed by atoms with Crippen LogP contribution >= 0.6 is 20.3 Å². The molecule has 0 heterocycles. The van der Waals surface area contributed by atoms with Gasteiger partial charge in [0, 0.05) is 19.5 Å². The molecule has 0 unspecified atom stereocenters. The molecule has 0 N–H and O–H groups in total. The third-order valence-corrected chi connectivity index (χ3v) is 5.33. The smallest absolute Gasteiger partial charge is 0 e. The van der Waals surface area contributed by atoms with Gasteiger partial charge in [0.15, 0.2) is 0 Å². The Balaban J connectivity index is -0.000000720. The summed E-state index contributed by atoms with van der Waals surface area (Å²) in [6, 6.07) is 0. The fraction of sp³-hybridized carbons (Fsp3) is 1.00. The number of halogens is 1. The molecule has 15 heavy (non-hydrogen) atoms. The number of unbranched alkanes of at least 4 members (excludes halogenated alkanes) is 3. The average Bonchev–Trinajstić information content (AvgIpc) is 2.17. The fourth-order valence-electron chi connectivity index (χ4n) is 1.48. The van der Waals surface area contributed by atoms with Crippen LogP contribution in [-0.4, -0.2) is 18.5 Å². The van der Waals surface area contributed by atoms with Gasteiger partial charge in [0.1, 0.15) is 0 Å². The molecule has 3 heteroatoms. The molecule has 0 aromatic carbocycles. The van der Waals surface area contributed by atoms with Gasteiger partial charge in [-0.2, -0.15) is 0 Å². The minimum atomic E-state index is 0. The van der Waals surface area contributed by atoms with Crippen molar-refractivity contribution >= 4 is 20.3 Å². The van der Waals surface area contributed by atoms with E-state index >= 15 is 0 Å². The van der Waals surface area contributed by atoms with Crippen molar-refractivity contribution in [3.8, 4) is 0 Å². The van der Waals surface area contributed by atoms with Gasteiger partial charge in [-0.1, -0.05) is 40.0 Å². The van der Waals surface area contributed by atoms with E-state index in [1.807, 2.05) is 0 Å². The van der Waals surface area contributed by atoms with Crippen LogP contribution in [0.3, 0.4) is 0 Å². The summed E-state index contributed by atoms with van der Waals surface area (Å²) < 4.78 is 0. The van der Waals surface area contributed by atoms with Gasteiger partial charge in [0.05, 0.1) is 0 Å². The van der Waals surface area contributed by atoms with E-state index in [4.69, 9.17) is 0 Å². The van der Waals surface area contributed by atoms with Crippen molar-refractivity contribution in [2.45, 2.75) is 59.3 Å². The van der Waals surface area contributed by atoms with Crippen molar-refractivity contribution in [1.29, 1.82) is 0 Å². The van der Waals surface area contributed by atoms with Crippen molar-refractivity contribution in [3.05, 3.63) is 0 Å². The van der Waals surface area contributed by atoms with E-state index in [2.05, 4.69) is 20.8 Å².